The smallest absolute Gasteiger partial charge is 0.328 e. The van der Waals surface area contributed by atoms with E-state index in [1.807, 2.05) is 36.4 Å². The number of halogens is 1. The summed E-state index contributed by atoms with van der Waals surface area (Å²) in [6.07, 6.45) is 2.02. The molecule has 0 unspecified atom stereocenters. The van der Waals surface area contributed by atoms with Gasteiger partial charge in [0.2, 0.25) is 0 Å². The quantitative estimate of drug-likeness (QED) is 0.356. The van der Waals surface area contributed by atoms with Gasteiger partial charge in [0.15, 0.2) is 11.6 Å². The maximum atomic E-state index is 13.9. The van der Waals surface area contributed by atoms with Gasteiger partial charge >= 0.3 is 5.69 Å². The first kappa shape index (κ1) is 26.0. The van der Waals surface area contributed by atoms with Crippen molar-refractivity contribution < 1.29 is 19.0 Å². The molecule has 7 nitrogen and oxygen atoms in total. The molecule has 1 N–H and O–H groups in total. The van der Waals surface area contributed by atoms with Crippen molar-refractivity contribution in [3.63, 3.8) is 0 Å². The van der Waals surface area contributed by atoms with E-state index in [1.165, 1.54) is 6.07 Å². The van der Waals surface area contributed by atoms with Crippen LogP contribution in [0.25, 0.3) is 11.0 Å². The molecule has 1 saturated heterocycles. The highest BCUT2D eigenvalue weighted by Gasteiger charge is 2.31. The standard InChI is InChI=1S/C30H34FN3O4/c1-32-26-8-3-4-9-27(26)34(29(32)35)19-20-37-24-13-11-23(12-14-24)21-33-17-6-15-30(36,16-18-33)22-38-28-10-5-2-7-25(28)31/h2-5,7-14,36H,6,15-22H2,1H3/t30-/m0/s1. The Morgan fingerprint density at radius 3 is 2.45 bits per heavy atom. The Morgan fingerprint density at radius 2 is 1.66 bits per heavy atom. The number of aromatic nitrogens is 2. The Hall–Kier alpha value is -3.62. The molecule has 200 valence electrons. The Balaban J connectivity index is 1.11. The second-order valence-electron chi connectivity index (χ2n) is 10.0. The largest absolute Gasteiger partial charge is 0.492 e. The lowest BCUT2D eigenvalue weighted by Gasteiger charge is -2.27. The number of aliphatic hydroxyl groups is 1. The van der Waals surface area contributed by atoms with Crippen LogP contribution in [0, 0.1) is 5.82 Å². The Kier molecular flexibility index (Phi) is 7.81. The topological polar surface area (TPSA) is 68.9 Å². The molecule has 0 amide bonds. The van der Waals surface area contributed by atoms with Crippen LogP contribution in [-0.4, -0.2) is 51.0 Å². The van der Waals surface area contributed by atoms with Gasteiger partial charge in [-0.15, -0.1) is 0 Å². The first-order chi connectivity index (χ1) is 18.4. The Morgan fingerprint density at radius 1 is 0.921 bits per heavy atom. The monoisotopic (exact) mass is 519 g/mol. The van der Waals surface area contributed by atoms with Crippen LogP contribution >= 0.6 is 0 Å². The second kappa shape index (κ2) is 11.4. The minimum Gasteiger partial charge on any atom is -0.492 e. The maximum Gasteiger partial charge on any atom is 0.328 e. The summed E-state index contributed by atoms with van der Waals surface area (Å²) in [5.41, 5.74) is 1.96. The van der Waals surface area contributed by atoms with E-state index in [9.17, 15) is 14.3 Å². The Labute approximate surface area is 221 Å². The van der Waals surface area contributed by atoms with Gasteiger partial charge in [-0.2, -0.15) is 0 Å². The molecule has 1 atom stereocenters. The third kappa shape index (κ3) is 5.92. The van der Waals surface area contributed by atoms with Gasteiger partial charge in [-0.3, -0.25) is 14.0 Å². The summed E-state index contributed by atoms with van der Waals surface area (Å²) in [5, 5.41) is 11.1. The predicted molar refractivity (Wildman–Crippen MR) is 145 cm³/mol. The summed E-state index contributed by atoms with van der Waals surface area (Å²) < 4.78 is 28.8. The van der Waals surface area contributed by atoms with Crippen molar-refractivity contribution in [1.29, 1.82) is 0 Å². The van der Waals surface area contributed by atoms with Crippen LogP contribution in [0.2, 0.25) is 0 Å². The summed E-state index contributed by atoms with van der Waals surface area (Å²) in [6.45, 7) is 3.33. The maximum absolute atomic E-state index is 13.9. The van der Waals surface area contributed by atoms with Crippen molar-refractivity contribution in [3.8, 4) is 11.5 Å². The summed E-state index contributed by atoms with van der Waals surface area (Å²) in [4.78, 5) is 14.9. The molecule has 5 rings (SSSR count). The van der Waals surface area contributed by atoms with Gasteiger partial charge in [0.1, 0.15) is 19.0 Å². The fourth-order valence-corrected chi connectivity index (χ4v) is 5.09. The van der Waals surface area contributed by atoms with Crippen LogP contribution in [0.15, 0.2) is 77.6 Å². The van der Waals surface area contributed by atoms with Gasteiger partial charge in [-0.25, -0.2) is 9.18 Å². The third-order valence-corrected chi connectivity index (χ3v) is 7.31. The van der Waals surface area contributed by atoms with E-state index in [2.05, 4.69) is 17.0 Å². The van der Waals surface area contributed by atoms with Gasteiger partial charge < -0.3 is 14.6 Å². The van der Waals surface area contributed by atoms with Crippen LogP contribution in [0.3, 0.4) is 0 Å². The van der Waals surface area contributed by atoms with Crippen LogP contribution < -0.4 is 15.2 Å². The number of ether oxygens (including phenoxy) is 2. The van der Waals surface area contributed by atoms with E-state index in [0.717, 1.165) is 48.4 Å². The molecule has 38 heavy (non-hydrogen) atoms. The van der Waals surface area contributed by atoms with Gasteiger partial charge in [0, 0.05) is 20.1 Å². The first-order valence-electron chi connectivity index (χ1n) is 13.1. The zero-order valence-electron chi connectivity index (χ0n) is 21.7. The highest BCUT2D eigenvalue weighted by Crippen LogP contribution is 2.26. The number of aryl methyl sites for hydroxylation is 1. The van der Waals surface area contributed by atoms with Crippen molar-refractivity contribution in [2.75, 3.05) is 26.3 Å². The number of hydrogen-bond acceptors (Lipinski definition) is 5. The molecule has 0 spiro atoms. The molecule has 8 heteroatoms. The summed E-state index contributed by atoms with van der Waals surface area (Å²) >= 11 is 0. The zero-order chi connectivity index (χ0) is 26.5. The number of likely N-dealkylation sites (tertiary alicyclic amines) is 1. The van der Waals surface area contributed by atoms with Gasteiger partial charge in [-0.05, 0) is 67.8 Å². The molecule has 0 radical (unpaired) electrons. The minimum absolute atomic E-state index is 0.0479. The minimum atomic E-state index is -0.971. The number of fused-ring (bicyclic) bond motifs is 1. The number of benzene rings is 3. The number of imidazole rings is 1. The molecule has 0 aliphatic carbocycles. The summed E-state index contributed by atoms with van der Waals surface area (Å²) in [7, 11) is 1.78. The molecular formula is C30H34FN3O4. The molecule has 2 heterocycles. The molecule has 0 saturated carbocycles. The Bertz CT molecular complexity index is 1430. The lowest BCUT2D eigenvalue weighted by Crippen LogP contribution is -2.37. The average Bonchev–Trinajstić information content (AvgIpc) is 3.04. The SMILES string of the molecule is Cn1c(=O)n(CCOc2ccc(CN3CCC[C@@](O)(COc4ccccc4F)CC3)cc2)c2ccccc21. The number of rotatable bonds is 9. The molecule has 4 aromatic rings. The number of para-hydroxylation sites is 3. The van der Waals surface area contributed by atoms with Gasteiger partial charge in [0.05, 0.1) is 23.2 Å². The fourth-order valence-electron chi connectivity index (χ4n) is 5.09. The molecule has 1 aliphatic rings. The van der Waals surface area contributed by atoms with Crippen LogP contribution in [0.5, 0.6) is 11.5 Å². The lowest BCUT2D eigenvalue weighted by atomic mass is 9.96. The summed E-state index contributed by atoms with van der Waals surface area (Å²) in [5.74, 6) is 0.521. The van der Waals surface area contributed by atoms with E-state index >= 15 is 0 Å². The summed E-state index contributed by atoms with van der Waals surface area (Å²) in [6, 6.07) is 22.1. The van der Waals surface area contributed by atoms with Crippen LogP contribution in [0.4, 0.5) is 4.39 Å². The number of hydrogen-bond donors (Lipinski definition) is 1. The third-order valence-electron chi connectivity index (χ3n) is 7.31. The van der Waals surface area contributed by atoms with E-state index in [1.54, 1.807) is 34.4 Å². The predicted octanol–water partition coefficient (Wildman–Crippen LogP) is 4.35. The fraction of sp³-hybridized carbons (Fsp3) is 0.367. The molecule has 1 aliphatic heterocycles. The van der Waals surface area contributed by atoms with E-state index in [-0.39, 0.29) is 18.0 Å². The van der Waals surface area contributed by atoms with Crippen molar-refractivity contribution in [2.24, 2.45) is 7.05 Å². The second-order valence-corrected chi connectivity index (χ2v) is 10.0. The van der Waals surface area contributed by atoms with Crippen LogP contribution in [-0.2, 0) is 20.1 Å². The van der Waals surface area contributed by atoms with Crippen molar-refractivity contribution in [1.82, 2.24) is 14.0 Å². The van der Waals surface area contributed by atoms with Crippen molar-refractivity contribution in [2.45, 2.75) is 38.0 Å². The lowest BCUT2D eigenvalue weighted by molar-refractivity contribution is -0.0177. The average molecular weight is 520 g/mol. The molecule has 3 aromatic carbocycles. The highest BCUT2D eigenvalue weighted by atomic mass is 19.1. The molecule has 0 bridgehead atoms. The van der Waals surface area contributed by atoms with E-state index in [4.69, 9.17) is 9.47 Å². The van der Waals surface area contributed by atoms with Crippen LogP contribution in [0.1, 0.15) is 24.8 Å². The van der Waals surface area contributed by atoms with Crippen molar-refractivity contribution in [3.05, 3.63) is 94.7 Å². The molecule has 1 aromatic heterocycles. The van der Waals surface area contributed by atoms with E-state index in [0.29, 0.717) is 26.0 Å². The number of nitrogens with zero attached hydrogens (tertiary/aromatic N) is 3. The highest BCUT2D eigenvalue weighted by molar-refractivity contribution is 5.75. The van der Waals surface area contributed by atoms with E-state index < -0.39 is 11.4 Å². The van der Waals surface area contributed by atoms with Gasteiger partial charge in [-0.1, -0.05) is 36.4 Å². The van der Waals surface area contributed by atoms with Crippen molar-refractivity contribution >= 4 is 11.0 Å². The normalized spacial score (nSPS) is 18.4. The first-order valence-corrected chi connectivity index (χ1v) is 13.1. The molecule has 1 fully saturated rings. The zero-order valence-corrected chi connectivity index (χ0v) is 21.7. The molecular weight excluding hydrogens is 485 g/mol. The van der Waals surface area contributed by atoms with Gasteiger partial charge in [0.25, 0.3) is 0 Å².